The number of aryl methyl sites for hydroxylation is 1. The number of carbonyl (C=O) groups is 1. The standard InChI is InChI=1S/C21H27N5O2/c1-6-26-20-17(12-23-26)19(24-14(4)13(2)3)18(11-22-20)21(27)25-15-7-9-16(28-5)10-8-15/h7-14H,6H2,1-5H3,(H,22,24)(H,25,27)/t14-/m0/s1. The van der Waals surface area contributed by atoms with Crippen LogP contribution >= 0.6 is 0 Å². The zero-order valence-corrected chi connectivity index (χ0v) is 17.0. The van der Waals surface area contributed by atoms with E-state index in [0.717, 1.165) is 22.5 Å². The van der Waals surface area contributed by atoms with Crippen molar-refractivity contribution < 1.29 is 9.53 Å². The van der Waals surface area contributed by atoms with Crippen LogP contribution in [-0.4, -0.2) is 33.8 Å². The van der Waals surface area contributed by atoms with Crippen molar-refractivity contribution >= 4 is 28.3 Å². The molecule has 0 aliphatic carbocycles. The Morgan fingerprint density at radius 2 is 1.89 bits per heavy atom. The zero-order valence-electron chi connectivity index (χ0n) is 17.0. The van der Waals surface area contributed by atoms with Gasteiger partial charge < -0.3 is 15.4 Å². The minimum Gasteiger partial charge on any atom is -0.497 e. The van der Waals surface area contributed by atoms with E-state index in [1.165, 1.54) is 0 Å². The summed E-state index contributed by atoms with van der Waals surface area (Å²) in [6, 6.07) is 7.41. The number of fused-ring (bicyclic) bond motifs is 1. The van der Waals surface area contributed by atoms with Crippen molar-refractivity contribution in [3.8, 4) is 5.75 Å². The van der Waals surface area contributed by atoms with Crippen LogP contribution in [-0.2, 0) is 6.54 Å². The second-order valence-corrected chi connectivity index (χ2v) is 7.10. The number of rotatable bonds is 7. The summed E-state index contributed by atoms with van der Waals surface area (Å²) < 4.78 is 6.99. The quantitative estimate of drug-likeness (QED) is 0.642. The fourth-order valence-electron chi connectivity index (χ4n) is 2.85. The Labute approximate surface area is 165 Å². The van der Waals surface area contributed by atoms with E-state index in [0.29, 0.717) is 23.7 Å². The number of methoxy groups -OCH3 is 1. The minimum absolute atomic E-state index is 0.183. The predicted molar refractivity (Wildman–Crippen MR) is 112 cm³/mol. The topological polar surface area (TPSA) is 81.1 Å². The number of benzene rings is 1. The third-order valence-corrected chi connectivity index (χ3v) is 4.93. The van der Waals surface area contributed by atoms with Crippen LogP contribution in [0.25, 0.3) is 11.0 Å². The van der Waals surface area contributed by atoms with Gasteiger partial charge in [0.25, 0.3) is 5.91 Å². The molecule has 0 saturated heterocycles. The molecule has 0 saturated carbocycles. The smallest absolute Gasteiger partial charge is 0.259 e. The lowest BCUT2D eigenvalue weighted by atomic mass is 10.0. The highest BCUT2D eigenvalue weighted by molar-refractivity contribution is 6.12. The van der Waals surface area contributed by atoms with Gasteiger partial charge in [0.1, 0.15) is 5.75 Å². The summed E-state index contributed by atoms with van der Waals surface area (Å²) in [4.78, 5) is 17.5. The summed E-state index contributed by atoms with van der Waals surface area (Å²) in [5.74, 6) is 0.922. The molecule has 7 heteroatoms. The monoisotopic (exact) mass is 381 g/mol. The highest BCUT2D eigenvalue weighted by Gasteiger charge is 2.20. The Bertz CT molecular complexity index is 963. The Morgan fingerprint density at radius 1 is 1.18 bits per heavy atom. The summed E-state index contributed by atoms with van der Waals surface area (Å²) in [6.07, 6.45) is 3.38. The van der Waals surface area contributed by atoms with Gasteiger partial charge in [-0.25, -0.2) is 9.67 Å². The van der Waals surface area contributed by atoms with E-state index >= 15 is 0 Å². The van der Waals surface area contributed by atoms with Crippen LogP contribution in [0.4, 0.5) is 11.4 Å². The molecule has 2 heterocycles. The minimum atomic E-state index is -0.220. The van der Waals surface area contributed by atoms with Crippen molar-refractivity contribution in [1.82, 2.24) is 14.8 Å². The van der Waals surface area contributed by atoms with Gasteiger partial charge in [-0.15, -0.1) is 0 Å². The lowest BCUT2D eigenvalue weighted by molar-refractivity contribution is 0.102. The second-order valence-electron chi connectivity index (χ2n) is 7.10. The Morgan fingerprint density at radius 3 is 2.50 bits per heavy atom. The number of pyridine rings is 1. The lowest BCUT2D eigenvalue weighted by Gasteiger charge is -2.21. The molecular formula is C21H27N5O2. The summed E-state index contributed by atoms with van der Waals surface area (Å²) in [6.45, 7) is 9.12. The summed E-state index contributed by atoms with van der Waals surface area (Å²) in [5, 5.41) is 11.7. The van der Waals surface area contributed by atoms with Crippen molar-refractivity contribution in [3.63, 3.8) is 0 Å². The number of anilines is 2. The number of hydrogen-bond donors (Lipinski definition) is 2. The highest BCUT2D eigenvalue weighted by atomic mass is 16.5. The molecule has 2 N–H and O–H groups in total. The number of nitrogens with zero attached hydrogens (tertiary/aromatic N) is 3. The number of ether oxygens (including phenoxy) is 1. The highest BCUT2D eigenvalue weighted by Crippen LogP contribution is 2.28. The van der Waals surface area contributed by atoms with Crippen molar-refractivity contribution in [2.45, 2.75) is 40.3 Å². The van der Waals surface area contributed by atoms with Gasteiger partial charge in [0.2, 0.25) is 0 Å². The first kappa shape index (κ1) is 19.7. The van der Waals surface area contributed by atoms with Crippen LogP contribution in [0.3, 0.4) is 0 Å². The number of carbonyl (C=O) groups excluding carboxylic acids is 1. The van der Waals surface area contributed by atoms with Crippen LogP contribution in [0.15, 0.2) is 36.7 Å². The maximum Gasteiger partial charge on any atom is 0.259 e. The van der Waals surface area contributed by atoms with E-state index in [-0.39, 0.29) is 11.9 Å². The third-order valence-electron chi connectivity index (χ3n) is 4.93. The van der Waals surface area contributed by atoms with Crippen LogP contribution in [0, 0.1) is 5.92 Å². The van der Waals surface area contributed by atoms with E-state index in [4.69, 9.17) is 4.74 Å². The number of amides is 1. The van der Waals surface area contributed by atoms with Gasteiger partial charge in [-0.05, 0) is 44.0 Å². The fraction of sp³-hybridized carbons (Fsp3) is 0.381. The molecule has 0 aliphatic rings. The summed E-state index contributed by atoms with van der Waals surface area (Å²) in [5.41, 5.74) is 2.71. The van der Waals surface area contributed by atoms with E-state index < -0.39 is 0 Å². The predicted octanol–water partition coefficient (Wildman–Crippen LogP) is 4.17. The largest absolute Gasteiger partial charge is 0.497 e. The molecule has 28 heavy (non-hydrogen) atoms. The Hall–Kier alpha value is -3.09. The van der Waals surface area contributed by atoms with Crippen molar-refractivity contribution in [1.29, 1.82) is 0 Å². The molecule has 7 nitrogen and oxygen atoms in total. The first-order valence-electron chi connectivity index (χ1n) is 9.51. The van der Waals surface area contributed by atoms with Crippen LogP contribution in [0.1, 0.15) is 38.1 Å². The zero-order chi connectivity index (χ0) is 20.3. The Balaban J connectivity index is 1.99. The number of aromatic nitrogens is 3. The average Bonchev–Trinajstić information content (AvgIpc) is 3.12. The van der Waals surface area contributed by atoms with E-state index in [1.54, 1.807) is 19.5 Å². The first-order chi connectivity index (χ1) is 13.4. The molecule has 2 aromatic heterocycles. The van der Waals surface area contributed by atoms with Gasteiger partial charge in [0, 0.05) is 24.5 Å². The molecule has 0 bridgehead atoms. The fourth-order valence-corrected chi connectivity index (χ4v) is 2.85. The summed E-state index contributed by atoms with van der Waals surface area (Å²) >= 11 is 0. The van der Waals surface area contributed by atoms with Crippen LogP contribution < -0.4 is 15.4 Å². The first-order valence-corrected chi connectivity index (χ1v) is 9.51. The van der Waals surface area contributed by atoms with Crippen LogP contribution in [0.5, 0.6) is 5.75 Å². The molecule has 1 amide bonds. The number of hydrogen-bond acceptors (Lipinski definition) is 5. The van der Waals surface area contributed by atoms with Gasteiger partial charge in [-0.3, -0.25) is 4.79 Å². The normalized spacial score (nSPS) is 12.2. The molecule has 0 spiro atoms. The van der Waals surface area contributed by atoms with Crippen molar-refractivity contribution in [2.24, 2.45) is 5.92 Å². The van der Waals surface area contributed by atoms with Gasteiger partial charge in [-0.2, -0.15) is 5.10 Å². The van der Waals surface area contributed by atoms with Crippen molar-refractivity contribution in [2.75, 3.05) is 17.7 Å². The molecular weight excluding hydrogens is 354 g/mol. The molecule has 0 radical (unpaired) electrons. The van der Waals surface area contributed by atoms with Gasteiger partial charge in [-0.1, -0.05) is 13.8 Å². The van der Waals surface area contributed by atoms with Crippen molar-refractivity contribution in [3.05, 3.63) is 42.2 Å². The molecule has 1 aromatic carbocycles. The van der Waals surface area contributed by atoms with Gasteiger partial charge in [0.15, 0.2) is 5.65 Å². The van der Waals surface area contributed by atoms with Crippen LogP contribution in [0.2, 0.25) is 0 Å². The Kier molecular flexibility index (Phi) is 5.82. The van der Waals surface area contributed by atoms with E-state index in [2.05, 4.69) is 41.5 Å². The van der Waals surface area contributed by atoms with E-state index in [1.807, 2.05) is 35.9 Å². The van der Waals surface area contributed by atoms with Gasteiger partial charge >= 0.3 is 0 Å². The lowest BCUT2D eigenvalue weighted by Crippen LogP contribution is -2.24. The SMILES string of the molecule is CCn1ncc2c(N[C@@H](C)C(C)C)c(C(=O)Nc3ccc(OC)cc3)cnc21. The molecule has 148 valence electrons. The molecule has 0 fully saturated rings. The van der Waals surface area contributed by atoms with E-state index in [9.17, 15) is 4.79 Å². The molecule has 3 rings (SSSR count). The molecule has 1 atom stereocenters. The molecule has 0 unspecified atom stereocenters. The average molecular weight is 381 g/mol. The molecule has 0 aliphatic heterocycles. The summed E-state index contributed by atoms with van der Waals surface area (Å²) in [7, 11) is 1.61. The molecule has 3 aromatic rings. The second kappa shape index (κ2) is 8.29. The number of nitrogens with one attached hydrogen (secondary N) is 2. The third kappa shape index (κ3) is 3.93. The van der Waals surface area contributed by atoms with Gasteiger partial charge in [0.05, 0.1) is 29.9 Å². The maximum atomic E-state index is 13.0. The maximum absolute atomic E-state index is 13.0.